The second kappa shape index (κ2) is 18.3. The molecule has 0 aliphatic carbocycles. The summed E-state index contributed by atoms with van der Waals surface area (Å²) in [5.41, 5.74) is 1.03. The minimum atomic E-state index is -1.22. The number of carbonyl (C=O) groups is 3. The predicted octanol–water partition coefficient (Wildman–Crippen LogP) is 3.09. The Labute approximate surface area is 164 Å². The van der Waals surface area contributed by atoms with Crippen molar-refractivity contribution >= 4 is 24.0 Å². The minimum absolute atomic E-state index is 0.142. The molecule has 0 atom stereocenters. The van der Waals surface area contributed by atoms with E-state index < -0.39 is 11.9 Å². The van der Waals surface area contributed by atoms with Crippen molar-refractivity contribution < 1.29 is 34.4 Å². The van der Waals surface area contributed by atoms with Gasteiger partial charge in [0.25, 0.3) is 0 Å². The van der Waals surface area contributed by atoms with Gasteiger partial charge in [-0.25, -0.2) is 14.4 Å². The first-order chi connectivity index (χ1) is 13.3. The lowest BCUT2D eigenvalue weighted by atomic mass is 10.2. The first-order valence-electron chi connectivity index (χ1n) is 8.24. The summed E-state index contributed by atoms with van der Waals surface area (Å²) < 4.78 is 4.43. The third-order valence-corrected chi connectivity index (χ3v) is 2.63. The zero-order chi connectivity index (χ0) is 21.8. The van der Waals surface area contributed by atoms with Crippen LogP contribution in [0.5, 0.6) is 0 Å². The number of ether oxygens (including phenoxy) is 1. The molecule has 0 spiro atoms. The molecule has 0 aliphatic heterocycles. The van der Waals surface area contributed by atoms with Gasteiger partial charge >= 0.3 is 17.9 Å². The van der Waals surface area contributed by atoms with Crippen molar-refractivity contribution in [2.24, 2.45) is 0 Å². The van der Waals surface area contributed by atoms with E-state index >= 15 is 0 Å². The third-order valence-electron chi connectivity index (χ3n) is 2.63. The maximum absolute atomic E-state index is 10.4. The maximum atomic E-state index is 10.4. The van der Waals surface area contributed by atoms with Crippen LogP contribution < -0.4 is 0 Å². The van der Waals surface area contributed by atoms with Crippen molar-refractivity contribution in [3.05, 3.63) is 78.9 Å². The first kappa shape index (κ1) is 26.8. The number of aliphatic hydroxyl groups excluding tert-OH is 1. The van der Waals surface area contributed by atoms with Crippen molar-refractivity contribution in [2.75, 3.05) is 13.2 Å². The van der Waals surface area contributed by atoms with E-state index in [2.05, 4.69) is 17.9 Å². The number of carboxylic acids is 2. The molecule has 1 rings (SSSR count). The molecule has 0 unspecified atom stereocenters. The van der Waals surface area contributed by atoms with Crippen LogP contribution in [0.15, 0.2) is 73.4 Å². The van der Waals surface area contributed by atoms with Crippen LogP contribution in [-0.4, -0.2) is 46.4 Å². The normalized spacial score (nSPS) is 9.86. The highest BCUT2D eigenvalue weighted by atomic mass is 16.5. The molecular formula is C21H26O7. The lowest BCUT2D eigenvalue weighted by molar-refractivity contribution is -0.137. The van der Waals surface area contributed by atoms with Crippen molar-refractivity contribution in [1.82, 2.24) is 0 Å². The smallest absolute Gasteiger partial charge is 0.335 e. The van der Waals surface area contributed by atoms with Crippen molar-refractivity contribution in [3.8, 4) is 0 Å². The van der Waals surface area contributed by atoms with Gasteiger partial charge in [-0.2, -0.15) is 0 Å². The Hall–Kier alpha value is -3.45. The summed E-state index contributed by atoms with van der Waals surface area (Å²) in [5, 5.41) is 25.1. The molecule has 0 radical (unpaired) electrons. The van der Waals surface area contributed by atoms with Gasteiger partial charge in [0.15, 0.2) is 0 Å². The van der Waals surface area contributed by atoms with Gasteiger partial charge in [0.1, 0.15) is 0 Å². The molecule has 1 aromatic rings. The van der Waals surface area contributed by atoms with Crippen molar-refractivity contribution in [1.29, 1.82) is 0 Å². The summed E-state index contributed by atoms with van der Waals surface area (Å²) in [6, 6.07) is 10.0. The first-order valence-corrected chi connectivity index (χ1v) is 8.24. The number of benzene rings is 1. The number of hydrogen-bond acceptors (Lipinski definition) is 5. The van der Waals surface area contributed by atoms with Gasteiger partial charge in [0.05, 0.1) is 12.2 Å². The van der Waals surface area contributed by atoms with Gasteiger partial charge in [-0.15, -0.1) is 0 Å². The minimum Gasteiger partial charge on any atom is -0.478 e. The molecule has 3 N–H and O–H groups in total. The molecule has 0 amide bonds. The summed E-state index contributed by atoms with van der Waals surface area (Å²) in [7, 11) is 0. The second-order valence-electron chi connectivity index (χ2n) is 4.72. The summed E-state index contributed by atoms with van der Waals surface area (Å²) in [4.78, 5) is 30.5. The summed E-state index contributed by atoms with van der Waals surface area (Å²) >= 11 is 0. The largest absolute Gasteiger partial charge is 0.478 e. The Balaban J connectivity index is 0. The van der Waals surface area contributed by atoms with Crippen LogP contribution >= 0.6 is 0 Å². The van der Waals surface area contributed by atoms with Gasteiger partial charge in [-0.1, -0.05) is 55.6 Å². The molecule has 7 heteroatoms. The Morgan fingerprint density at radius 1 is 1.07 bits per heavy atom. The monoisotopic (exact) mass is 390 g/mol. The van der Waals surface area contributed by atoms with Gasteiger partial charge < -0.3 is 20.1 Å². The van der Waals surface area contributed by atoms with Crippen LogP contribution in [0.4, 0.5) is 0 Å². The fourth-order valence-corrected chi connectivity index (χ4v) is 1.40. The molecule has 28 heavy (non-hydrogen) atoms. The van der Waals surface area contributed by atoms with Gasteiger partial charge in [0.2, 0.25) is 0 Å². The zero-order valence-corrected chi connectivity index (χ0v) is 15.8. The van der Waals surface area contributed by atoms with Crippen molar-refractivity contribution in [3.63, 3.8) is 0 Å². The highest BCUT2D eigenvalue weighted by Gasteiger charge is 2.02. The van der Waals surface area contributed by atoms with Crippen LogP contribution in [0.3, 0.4) is 0 Å². The molecule has 0 saturated carbocycles. The second-order valence-corrected chi connectivity index (χ2v) is 4.72. The Morgan fingerprint density at radius 3 is 2.00 bits per heavy atom. The molecule has 0 aliphatic rings. The molecule has 1 aromatic carbocycles. The Morgan fingerprint density at radius 2 is 1.68 bits per heavy atom. The van der Waals surface area contributed by atoms with Crippen LogP contribution in [0.25, 0.3) is 6.08 Å². The van der Waals surface area contributed by atoms with Gasteiger partial charge in [0, 0.05) is 18.8 Å². The van der Waals surface area contributed by atoms with E-state index in [0.717, 1.165) is 18.2 Å². The van der Waals surface area contributed by atoms with Crippen molar-refractivity contribution in [2.45, 2.75) is 13.3 Å². The standard InChI is InChI=1S/C8H10O5.C8H8.C5H8O2/c9-5-1-2-6(8(12)13)3-4-7(10)11;1-2-8-6-4-3-5-7-8;1-3-5(6)7-4-2/h2-4,9H,1,5H2,(H,10,11)(H,12,13);2-7H,1H2;3H,1,4H2,2H3. The molecule has 7 nitrogen and oxygen atoms in total. The molecule has 0 aromatic heterocycles. The van der Waals surface area contributed by atoms with Gasteiger partial charge in [-0.05, 0) is 25.0 Å². The summed E-state index contributed by atoms with van der Waals surface area (Å²) in [5.74, 6) is -2.79. The number of aliphatic hydroxyl groups is 1. The number of hydrogen-bond donors (Lipinski definition) is 3. The maximum Gasteiger partial charge on any atom is 0.335 e. The number of esters is 1. The molecule has 0 fully saturated rings. The van der Waals surface area contributed by atoms with Gasteiger partial charge in [-0.3, -0.25) is 0 Å². The van der Waals surface area contributed by atoms with Crippen LogP contribution in [-0.2, 0) is 19.1 Å². The molecule has 152 valence electrons. The molecular weight excluding hydrogens is 364 g/mol. The zero-order valence-electron chi connectivity index (χ0n) is 15.8. The number of carboxylic acid groups (broad SMARTS) is 2. The highest BCUT2D eigenvalue weighted by Crippen LogP contribution is 1.99. The number of rotatable bonds is 8. The highest BCUT2D eigenvalue weighted by molar-refractivity contribution is 5.92. The molecule has 0 saturated heterocycles. The van der Waals surface area contributed by atoms with E-state index in [0.29, 0.717) is 6.61 Å². The van der Waals surface area contributed by atoms with E-state index in [9.17, 15) is 14.4 Å². The predicted molar refractivity (Wildman–Crippen MR) is 108 cm³/mol. The number of aliphatic carboxylic acids is 2. The van der Waals surface area contributed by atoms with E-state index in [4.69, 9.17) is 15.3 Å². The van der Waals surface area contributed by atoms with E-state index in [1.54, 1.807) is 6.92 Å². The average molecular weight is 390 g/mol. The average Bonchev–Trinajstić information content (AvgIpc) is 2.69. The number of carbonyl (C=O) groups excluding carboxylic acids is 1. The SMILES string of the molecule is C=CC(=O)OCC.C=Cc1ccccc1.O=C(O)C=CC(=CCCO)C(=O)O. The van der Waals surface area contributed by atoms with Crippen LogP contribution in [0.2, 0.25) is 0 Å². The lowest BCUT2D eigenvalue weighted by Crippen LogP contribution is -1.99. The van der Waals surface area contributed by atoms with Crippen LogP contribution in [0.1, 0.15) is 18.9 Å². The Bertz CT molecular complexity index is 673. The summed E-state index contributed by atoms with van der Waals surface area (Å²) in [6.45, 7) is 8.84. The van der Waals surface area contributed by atoms with Crippen LogP contribution in [0, 0.1) is 0 Å². The van der Waals surface area contributed by atoms with E-state index in [-0.39, 0.29) is 24.6 Å². The summed E-state index contributed by atoms with van der Waals surface area (Å²) in [6.07, 6.45) is 6.12. The molecule has 0 bridgehead atoms. The quantitative estimate of drug-likeness (QED) is 0.354. The third kappa shape index (κ3) is 17.4. The molecule has 0 heterocycles. The lowest BCUT2D eigenvalue weighted by Gasteiger charge is -1.92. The van der Waals surface area contributed by atoms with E-state index in [1.807, 2.05) is 36.4 Å². The van der Waals surface area contributed by atoms with E-state index in [1.165, 1.54) is 11.6 Å². The fourth-order valence-electron chi connectivity index (χ4n) is 1.40. The fraction of sp³-hybridized carbons (Fsp3) is 0.190. The topological polar surface area (TPSA) is 121 Å². The Kier molecular flexibility index (Phi) is 17.5.